The van der Waals surface area contributed by atoms with Gasteiger partial charge in [0.1, 0.15) is 11.5 Å². The van der Waals surface area contributed by atoms with E-state index in [2.05, 4.69) is 6.08 Å². The Bertz CT molecular complexity index is 963. The zero-order valence-corrected chi connectivity index (χ0v) is 19.7. The summed E-state index contributed by atoms with van der Waals surface area (Å²) in [7, 11) is -8.91. The van der Waals surface area contributed by atoms with Crippen LogP contribution in [0.2, 0.25) is 0 Å². The zero-order chi connectivity index (χ0) is 22.7. The lowest BCUT2D eigenvalue weighted by Crippen LogP contribution is -2.03. The van der Waals surface area contributed by atoms with Gasteiger partial charge in [0, 0.05) is 5.82 Å². The molecule has 0 aliphatic heterocycles. The van der Waals surface area contributed by atoms with Gasteiger partial charge in [0.25, 0.3) is 0 Å². The van der Waals surface area contributed by atoms with E-state index in [9.17, 15) is 14.0 Å². The molecule has 0 amide bonds. The van der Waals surface area contributed by atoms with Gasteiger partial charge in [0.05, 0.1) is 0 Å². The van der Waals surface area contributed by atoms with Crippen LogP contribution in [-0.2, 0) is 13.4 Å². The number of phosphoric acid groups is 1. The van der Waals surface area contributed by atoms with E-state index < -0.39 is 15.4 Å². The third kappa shape index (κ3) is 9.99. The van der Waals surface area contributed by atoms with Gasteiger partial charge in [-0.2, -0.15) is 4.31 Å². The van der Waals surface area contributed by atoms with Crippen LogP contribution in [0.1, 0.15) is 33.6 Å². The highest BCUT2D eigenvalue weighted by molar-refractivity contribution is 7.66. The molecule has 1 unspecified atom stereocenters. The lowest BCUT2D eigenvalue weighted by molar-refractivity contribution is 0.280. The topological polar surface area (TPSA) is 82.1 Å². The van der Waals surface area contributed by atoms with Crippen molar-refractivity contribution >= 4 is 15.4 Å². The summed E-state index contributed by atoms with van der Waals surface area (Å²) in [5, 5.41) is 0. The summed E-state index contributed by atoms with van der Waals surface area (Å²) >= 11 is 0. The highest BCUT2D eigenvalue weighted by Crippen LogP contribution is 2.62. The Morgan fingerprint density at radius 3 is 1.90 bits per heavy atom. The molecule has 31 heavy (non-hydrogen) atoms. The number of benzene rings is 2. The van der Waals surface area contributed by atoms with Gasteiger partial charge >= 0.3 is 15.4 Å². The van der Waals surface area contributed by atoms with Crippen molar-refractivity contribution in [3.05, 3.63) is 95.9 Å². The van der Waals surface area contributed by atoms with Crippen molar-refractivity contribution in [2.24, 2.45) is 0 Å². The summed E-state index contributed by atoms with van der Waals surface area (Å²) < 4.78 is 41.5. The summed E-state index contributed by atoms with van der Waals surface area (Å²) in [6.45, 7) is 5.99. The van der Waals surface area contributed by atoms with E-state index in [0.717, 1.165) is 24.2 Å². The molecular formula is C23H28O6P2. The quantitative estimate of drug-likeness (QED) is 0.210. The van der Waals surface area contributed by atoms with Crippen molar-refractivity contribution in [2.45, 2.75) is 33.6 Å². The first-order chi connectivity index (χ1) is 14.7. The highest BCUT2D eigenvalue weighted by atomic mass is 31.3. The van der Waals surface area contributed by atoms with Crippen molar-refractivity contribution in [2.75, 3.05) is 0 Å². The minimum Gasteiger partial charge on any atom is -0.395 e. The second kappa shape index (κ2) is 11.9. The minimum atomic E-state index is -4.47. The zero-order valence-electron chi connectivity index (χ0n) is 17.9. The number of phosphoric ester groups is 1. The Morgan fingerprint density at radius 2 is 1.42 bits per heavy atom. The maximum absolute atomic E-state index is 13.2. The summed E-state index contributed by atoms with van der Waals surface area (Å²) in [6.07, 6.45) is 6.95. The average Bonchev–Trinajstić information content (AvgIpc) is 2.68. The first kappa shape index (κ1) is 24.9. The molecule has 0 bridgehead atoms. The average molecular weight is 462 g/mol. The van der Waals surface area contributed by atoms with E-state index in [4.69, 9.17) is 13.4 Å². The number of rotatable bonds is 11. The molecule has 0 radical (unpaired) electrons. The Kier molecular flexibility index (Phi) is 9.54. The van der Waals surface area contributed by atoms with Crippen LogP contribution in [0.15, 0.2) is 95.9 Å². The monoisotopic (exact) mass is 462 g/mol. The molecule has 2 aromatic carbocycles. The molecule has 0 saturated heterocycles. The molecule has 6 nitrogen and oxygen atoms in total. The van der Waals surface area contributed by atoms with Gasteiger partial charge in [0.2, 0.25) is 0 Å². The van der Waals surface area contributed by atoms with E-state index in [1.165, 1.54) is 11.6 Å². The molecule has 0 aliphatic carbocycles. The molecule has 1 N–H and O–H groups in total. The van der Waals surface area contributed by atoms with Crippen LogP contribution < -0.4 is 9.05 Å². The molecule has 0 aliphatic rings. The lowest BCUT2D eigenvalue weighted by atomic mass is 10.1. The molecule has 0 saturated carbocycles. The smallest absolute Gasteiger partial charge is 0.395 e. The largest absolute Gasteiger partial charge is 0.595 e. The normalized spacial score (nSPS) is 14.1. The Morgan fingerprint density at radius 1 is 0.903 bits per heavy atom. The van der Waals surface area contributed by atoms with Gasteiger partial charge in [-0.25, -0.2) is 4.57 Å². The molecule has 1 atom stereocenters. The first-order valence-electron chi connectivity index (χ1n) is 9.79. The fourth-order valence-corrected chi connectivity index (χ4v) is 5.16. The molecule has 2 rings (SSSR count). The SMILES string of the molecule is CC(C)=CCC/C(C)=C/C=C/P(=O)(O)OP(=O)(Oc1ccccc1)Oc1ccccc1. The Hall–Kier alpha value is -2.36. The van der Waals surface area contributed by atoms with Gasteiger partial charge in [-0.05, 0) is 57.9 Å². The van der Waals surface area contributed by atoms with Crippen molar-refractivity contribution in [3.8, 4) is 11.5 Å². The van der Waals surface area contributed by atoms with E-state index in [1.807, 2.05) is 20.8 Å². The summed E-state index contributed by atoms with van der Waals surface area (Å²) in [5.41, 5.74) is 2.27. The van der Waals surface area contributed by atoms with E-state index >= 15 is 0 Å². The highest BCUT2D eigenvalue weighted by Gasteiger charge is 2.38. The summed E-state index contributed by atoms with van der Waals surface area (Å²) in [6, 6.07) is 16.4. The van der Waals surface area contributed by atoms with Crippen LogP contribution in [0.25, 0.3) is 0 Å². The van der Waals surface area contributed by atoms with E-state index in [0.29, 0.717) is 0 Å². The Balaban J connectivity index is 2.15. The standard InChI is InChI=1S/C23H28O6P2/c1-20(2)12-10-13-21(3)14-11-19-30(24,25)29-31(26,27-22-15-6-4-7-16-22)28-23-17-8-5-9-18-23/h4-9,11-12,14-19H,10,13H2,1-3H3,(H,24,25)/b19-11+,21-14+. The van der Waals surface area contributed by atoms with Gasteiger partial charge in [-0.1, -0.05) is 65.8 Å². The number of para-hydroxylation sites is 2. The van der Waals surface area contributed by atoms with Gasteiger partial charge in [-0.3, -0.25) is 4.57 Å². The molecule has 0 spiro atoms. The third-order valence-corrected chi connectivity index (χ3v) is 7.04. The molecule has 2 aromatic rings. The van der Waals surface area contributed by atoms with Gasteiger partial charge in [0.15, 0.2) is 0 Å². The molecule has 8 heteroatoms. The Labute approximate surface area is 184 Å². The van der Waals surface area contributed by atoms with Crippen molar-refractivity contribution in [1.82, 2.24) is 0 Å². The van der Waals surface area contributed by atoms with Crippen LogP contribution in [0, 0.1) is 0 Å². The molecule has 0 fully saturated rings. The number of hydrogen-bond acceptors (Lipinski definition) is 5. The second-order valence-electron chi connectivity index (χ2n) is 7.08. The summed E-state index contributed by atoms with van der Waals surface area (Å²) in [5.74, 6) is 1.33. The fourth-order valence-electron chi connectivity index (χ4n) is 2.43. The third-order valence-electron chi connectivity index (χ3n) is 3.88. The van der Waals surface area contributed by atoms with E-state index in [-0.39, 0.29) is 11.5 Å². The number of hydrogen-bond donors (Lipinski definition) is 1. The van der Waals surface area contributed by atoms with Crippen molar-refractivity contribution in [3.63, 3.8) is 0 Å². The maximum Gasteiger partial charge on any atom is 0.595 e. The molecule has 0 aromatic heterocycles. The lowest BCUT2D eigenvalue weighted by Gasteiger charge is -2.20. The molecule has 0 heterocycles. The van der Waals surface area contributed by atoms with Gasteiger partial charge in [-0.15, -0.1) is 0 Å². The summed E-state index contributed by atoms with van der Waals surface area (Å²) in [4.78, 5) is 10.2. The minimum absolute atomic E-state index is 0.181. The van der Waals surface area contributed by atoms with Crippen molar-refractivity contribution < 1.29 is 27.4 Å². The van der Waals surface area contributed by atoms with Crippen LogP contribution in [0.3, 0.4) is 0 Å². The molecule has 166 valence electrons. The van der Waals surface area contributed by atoms with Crippen LogP contribution in [0.5, 0.6) is 11.5 Å². The van der Waals surface area contributed by atoms with Crippen LogP contribution >= 0.6 is 15.4 Å². The van der Waals surface area contributed by atoms with E-state index in [1.54, 1.807) is 66.7 Å². The van der Waals surface area contributed by atoms with Crippen molar-refractivity contribution in [1.29, 1.82) is 0 Å². The van der Waals surface area contributed by atoms with Gasteiger partial charge < -0.3 is 13.9 Å². The predicted octanol–water partition coefficient (Wildman–Crippen LogP) is 7.66. The van der Waals surface area contributed by atoms with Crippen LogP contribution in [-0.4, -0.2) is 4.89 Å². The fraction of sp³-hybridized carbons (Fsp3) is 0.217. The maximum atomic E-state index is 13.2. The molecular weight excluding hydrogens is 434 g/mol. The first-order valence-corrected chi connectivity index (χ1v) is 12.9. The second-order valence-corrected chi connectivity index (χ2v) is 10.4. The van der Waals surface area contributed by atoms with Crippen LogP contribution in [0.4, 0.5) is 0 Å². The number of allylic oxidation sites excluding steroid dienone is 5. The predicted molar refractivity (Wildman–Crippen MR) is 124 cm³/mol.